The first-order chi connectivity index (χ1) is 8.76. The van der Waals surface area contributed by atoms with Crippen LogP contribution in [-0.4, -0.2) is 23.5 Å². The number of carbonyl (C=O) groups is 2. The van der Waals surface area contributed by atoms with Crippen LogP contribution < -0.4 is 5.32 Å². The highest BCUT2D eigenvalue weighted by atomic mass is 16.6. The van der Waals surface area contributed by atoms with Crippen LogP contribution in [0.3, 0.4) is 0 Å². The fraction of sp³-hybridized carbons (Fsp3) is 0.733. The molecule has 19 heavy (non-hydrogen) atoms. The van der Waals surface area contributed by atoms with Crippen molar-refractivity contribution in [3.8, 4) is 0 Å². The molecule has 0 heterocycles. The van der Waals surface area contributed by atoms with Crippen LogP contribution in [-0.2, 0) is 14.3 Å². The van der Waals surface area contributed by atoms with Crippen LogP contribution in [0.4, 0.5) is 0 Å². The standard InChI is InChI=1S/C15H23NO3/c1-9(14(18)19-15(2,3)4)16-13(17)12-8-10-5-6-11(12)7-10/h5-6,9-12H,7-8H2,1-4H3,(H,16,17)/t9-,10?,11?,12?/m1/s1. The van der Waals surface area contributed by atoms with E-state index in [0.29, 0.717) is 11.8 Å². The van der Waals surface area contributed by atoms with Gasteiger partial charge in [0, 0.05) is 5.92 Å². The minimum absolute atomic E-state index is 0.0183. The van der Waals surface area contributed by atoms with E-state index in [1.54, 1.807) is 6.92 Å². The maximum atomic E-state index is 12.2. The van der Waals surface area contributed by atoms with E-state index in [1.807, 2.05) is 20.8 Å². The number of hydrogen-bond acceptors (Lipinski definition) is 3. The van der Waals surface area contributed by atoms with Crippen molar-refractivity contribution in [2.24, 2.45) is 17.8 Å². The van der Waals surface area contributed by atoms with Crippen molar-refractivity contribution in [3.05, 3.63) is 12.2 Å². The second-order valence-electron chi connectivity index (χ2n) is 6.65. The molecule has 2 rings (SSSR count). The smallest absolute Gasteiger partial charge is 0.328 e. The lowest BCUT2D eigenvalue weighted by Crippen LogP contribution is -2.45. The zero-order valence-electron chi connectivity index (χ0n) is 12.1. The minimum Gasteiger partial charge on any atom is -0.458 e. The van der Waals surface area contributed by atoms with Crippen LogP contribution in [0.2, 0.25) is 0 Å². The third-order valence-corrected chi connectivity index (χ3v) is 3.73. The molecule has 2 aliphatic carbocycles. The number of fused-ring (bicyclic) bond motifs is 2. The lowest BCUT2D eigenvalue weighted by atomic mass is 9.92. The fourth-order valence-corrected chi connectivity index (χ4v) is 2.85. The van der Waals surface area contributed by atoms with Crippen molar-refractivity contribution in [2.75, 3.05) is 0 Å². The number of rotatable bonds is 3. The summed E-state index contributed by atoms with van der Waals surface area (Å²) in [5, 5.41) is 2.78. The molecule has 0 aromatic carbocycles. The van der Waals surface area contributed by atoms with Gasteiger partial charge in [0.05, 0.1) is 0 Å². The van der Waals surface area contributed by atoms with Crippen LogP contribution in [0.5, 0.6) is 0 Å². The molecule has 1 fully saturated rings. The summed E-state index contributed by atoms with van der Waals surface area (Å²) >= 11 is 0. The van der Waals surface area contributed by atoms with E-state index in [4.69, 9.17) is 4.74 Å². The predicted molar refractivity (Wildman–Crippen MR) is 72.3 cm³/mol. The van der Waals surface area contributed by atoms with E-state index in [0.717, 1.165) is 12.8 Å². The van der Waals surface area contributed by atoms with E-state index >= 15 is 0 Å². The monoisotopic (exact) mass is 265 g/mol. The highest BCUT2D eigenvalue weighted by Crippen LogP contribution is 2.43. The summed E-state index contributed by atoms with van der Waals surface area (Å²) in [7, 11) is 0. The Balaban J connectivity index is 1.85. The van der Waals surface area contributed by atoms with E-state index in [-0.39, 0.29) is 17.8 Å². The zero-order chi connectivity index (χ0) is 14.2. The largest absolute Gasteiger partial charge is 0.458 e. The van der Waals surface area contributed by atoms with Gasteiger partial charge in [-0.05, 0) is 52.4 Å². The number of amides is 1. The maximum absolute atomic E-state index is 12.2. The van der Waals surface area contributed by atoms with E-state index in [1.165, 1.54) is 0 Å². The first kappa shape index (κ1) is 14.1. The summed E-state index contributed by atoms with van der Waals surface area (Å²) in [6.45, 7) is 7.13. The van der Waals surface area contributed by atoms with Gasteiger partial charge in [0.2, 0.25) is 5.91 Å². The van der Waals surface area contributed by atoms with Gasteiger partial charge in [-0.25, -0.2) is 4.79 Å². The van der Waals surface area contributed by atoms with Gasteiger partial charge < -0.3 is 10.1 Å². The molecule has 0 radical (unpaired) electrons. The van der Waals surface area contributed by atoms with Crippen LogP contribution in [0.15, 0.2) is 12.2 Å². The maximum Gasteiger partial charge on any atom is 0.328 e. The van der Waals surface area contributed by atoms with Crippen molar-refractivity contribution < 1.29 is 14.3 Å². The Labute approximate surface area is 114 Å². The van der Waals surface area contributed by atoms with E-state index in [9.17, 15) is 9.59 Å². The molecular weight excluding hydrogens is 242 g/mol. The van der Waals surface area contributed by atoms with Crippen LogP contribution in [0.25, 0.3) is 0 Å². The molecule has 0 aromatic rings. The summed E-state index contributed by atoms with van der Waals surface area (Å²) in [6.07, 6.45) is 6.33. The third kappa shape index (κ3) is 3.37. The van der Waals surface area contributed by atoms with E-state index < -0.39 is 11.6 Å². The fourth-order valence-electron chi connectivity index (χ4n) is 2.85. The second kappa shape index (κ2) is 4.99. The molecule has 106 valence electrons. The SMILES string of the molecule is C[C@@H](NC(=O)C1CC2C=CC1C2)C(=O)OC(C)(C)C. The van der Waals surface area contributed by atoms with Gasteiger partial charge in [-0.3, -0.25) is 4.79 Å². The van der Waals surface area contributed by atoms with Gasteiger partial charge in [0.1, 0.15) is 11.6 Å². The van der Waals surface area contributed by atoms with Crippen molar-refractivity contribution in [1.29, 1.82) is 0 Å². The van der Waals surface area contributed by atoms with Crippen LogP contribution in [0, 0.1) is 17.8 Å². The number of nitrogens with one attached hydrogen (secondary N) is 1. The second-order valence-corrected chi connectivity index (χ2v) is 6.65. The van der Waals surface area contributed by atoms with Crippen molar-refractivity contribution in [2.45, 2.75) is 52.2 Å². The van der Waals surface area contributed by atoms with Crippen molar-refractivity contribution >= 4 is 11.9 Å². The van der Waals surface area contributed by atoms with Crippen LogP contribution in [0.1, 0.15) is 40.5 Å². The van der Waals surface area contributed by atoms with Crippen molar-refractivity contribution in [3.63, 3.8) is 0 Å². The molecule has 3 unspecified atom stereocenters. The van der Waals surface area contributed by atoms with Gasteiger partial charge in [-0.1, -0.05) is 12.2 Å². The molecular formula is C15H23NO3. The molecule has 4 nitrogen and oxygen atoms in total. The lowest BCUT2D eigenvalue weighted by Gasteiger charge is -2.24. The van der Waals surface area contributed by atoms with Gasteiger partial charge in [0.15, 0.2) is 0 Å². The summed E-state index contributed by atoms with van der Waals surface area (Å²) in [6, 6.07) is -0.588. The van der Waals surface area contributed by atoms with Gasteiger partial charge in [-0.2, -0.15) is 0 Å². The predicted octanol–water partition coefficient (Wildman–Crippen LogP) is 2.04. The third-order valence-electron chi connectivity index (χ3n) is 3.73. The lowest BCUT2D eigenvalue weighted by molar-refractivity contribution is -0.158. The Morgan fingerprint density at radius 3 is 2.42 bits per heavy atom. The summed E-state index contributed by atoms with van der Waals surface area (Å²) in [5.41, 5.74) is -0.523. The number of esters is 1. The topological polar surface area (TPSA) is 55.4 Å². The molecule has 2 aliphatic rings. The minimum atomic E-state index is -0.588. The van der Waals surface area contributed by atoms with Crippen LogP contribution >= 0.6 is 0 Å². The summed E-state index contributed by atoms with van der Waals surface area (Å²) < 4.78 is 5.26. The molecule has 1 amide bonds. The first-order valence-corrected chi connectivity index (χ1v) is 6.98. The van der Waals surface area contributed by atoms with E-state index in [2.05, 4.69) is 17.5 Å². The Morgan fingerprint density at radius 2 is 1.95 bits per heavy atom. The molecule has 2 bridgehead atoms. The first-order valence-electron chi connectivity index (χ1n) is 6.98. The molecule has 1 saturated carbocycles. The molecule has 4 heteroatoms. The Hall–Kier alpha value is -1.32. The average molecular weight is 265 g/mol. The average Bonchev–Trinajstić information content (AvgIpc) is 2.87. The number of ether oxygens (including phenoxy) is 1. The Morgan fingerprint density at radius 1 is 1.26 bits per heavy atom. The van der Waals surface area contributed by atoms with Gasteiger partial charge >= 0.3 is 5.97 Å². The van der Waals surface area contributed by atoms with Gasteiger partial charge in [0.25, 0.3) is 0 Å². The number of hydrogen-bond donors (Lipinski definition) is 1. The molecule has 1 N–H and O–H groups in total. The number of carbonyl (C=O) groups excluding carboxylic acids is 2. The highest BCUT2D eigenvalue weighted by molar-refractivity contribution is 5.86. The molecule has 0 aliphatic heterocycles. The molecule has 0 aromatic heterocycles. The van der Waals surface area contributed by atoms with Gasteiger partial charge in [-0.15, -0.1) is 0 Å². The quantitative estimate of drug-likeness (QED) is 0.627. The summed E-state index contributed by atoms with van der Waals surface area (Å²) in [5.74, 6) is 0.545. The molecule has 0 saturated heterocycles. The normalized spacial score (nSPS) is 30.2. The van der Waals surface area contributed by atoms with Crippen molar-refractivity contribution in [1.82, 2.24) is 5.32 Å². The summed E-state index contributed by atoms with van der Waals surface area (Å²) in [4.78, 5) is 24.0. The Kier molecular flexibility index (Phi) is 3.70. The zero-order valence-corrected chi connectivity index (χ0v) is 12.1. The molecule has 4 atom stereocenters. The number of allylic oxidation sites excluding steroid dienone is 2. The molecule has 0 spiro atoms. The highest BCUT2D eigenvalue weighted by Gasteiger charge is 2.40. The Bertz CT molecular complexity index is 408.